The number of aliphatic carboxylic acids is 1. The van der Waals surface area contributed by atoms with E-state index in [2.05, 4.69) is 0 Å². The van der Waals surface area contributed by atoms with Gasteiger partial charge in [-0.05, 0) is 33.6 Å². The van der Waals surface area contributed by atoms with Crippen molar-refractivity contribution < 1.29 is 24.2 Å². The molecule has 0 saturated carbocycles. The van der Waals surface area contributed by atoms with Gasteiger partial charge in [0.25, 0.3) is 0 Å². The van der Waals surface area contributed by atoms with Crippen LogP contribution in [0.1, 0.15) is 33.6 Å². The van der Waals surface area contributed by atoms with Crippen molar-refractivity contribution in [1.29, 1.82) is 0 Å². The Labute approximate surface area is 118 Å². The van der Waals surface area contributed by atoms with Gasteiger partial charge in [-0.3, -0.25) is 14.5 Å². The van der Waals surface area contributed by atoms with Gasteiger partial charge in [-0.1, -0.05) is 0 Å². The van der Waals surface area contributed by atoms with E-state index < -0.39 is 23.7 Å². The average Bonchev–Trinajstić information content (AvgIpc) is 2.73. The number of carbonyl (C=O) groups excluding carboxylic acids is 2. The number of carbonyl (C=O) groups is 3. The van der Waals surface area contributed by atoms with Crippen LogP contribution in [0.4, 0.5) is 4.79 Å². The lowest BCUT2D eigenvalue weighted by molar-refractivity contribution is -0.145. The van der Waals surface area contributed by atoms with Gasteiger partial charge in [0.15, 0.2) is 0 Å². The highest BCUT2D eigenvalue weighted by Crippen LogP contribution is 2.22. The molecular weight excluding hydrogens is 264 g/mol. The largest absolute Gasteiger partial charge is 0.480 e. The zero-order valence-corrected chi connectivity index (χ0v) is 12.4. The average molecular weight is 286 g/mol. The monoisotopic (exact) mass is 286 g/mol. The molecule has 0 spiro atoms. The summed E-state index contributed by atoms with van der Waals surface area (Å²) in [5.74, 6) is -1.45. The van der Waals surface area contributed by atoms with Gasteiger partial charge in [0.2, 0.25) is 5.91 Å². The zero-order chi connectivity index (χ0) is 15.5. The van der Waals surface area contributed by atoms with E-state index >= 15 is 0 Å². The first kappa shape index (κ1) is 16.3. The van der Waals surface area contributed by atoms with Crippen LogP contribution >= 0.6 is 0 Å². The highest BCUT2D eigenvalue weighted by Gasteiger charge is 2.38. The van der Waals surface area contributed by atoms with Gasteiger partial charge in [0, 0.05) is 13.6 Å². The molecule has 2 amide bonds. The minimum absolute atomic E-state index is 0.365. The normalized spacial score (nSPS) is 18.8. The smallest absolute Gasteiger partial charge is 0.410 e. The summed E-state index contributed by atoms with van der Waals surface area (Å²) in [4.78, 5) is 37.3. The number of hydrogen-bond acceptors (Lipinski definition) is 4. The van der Waals surface area contributed by atoms with Gasteiger partial charge in [-0.15, -0.1) is 0 Å². The third kappa shape index (κ3) is 4.40. The van der Waals surface area contributed by atoms with Crippen molar-refractivity contribution in [3.05, 3.63) is 0 Å². The summed E-state index contributed by atoms with van der Waals surface area (Å²) < 4.78 is 5.26. The molecule has 7 heteroatoms. The SMILES string of the molecule is CN(CC(=O)O)C(=O)[C@@H]1CCCN1C(=O)OC(C)(C)C. The molecule has 1 rings (SSSR count). The lowest BCUT2D eigenvalue weighted by atomic mass is 10.2. The Kier molecular flexibility index (Phi) is 4.97. The molecule has 0 aromatic heterocycles. The molecule has 0 aromatic rings. The molecule has 0 aliphatic carbocycles. The van der Waals surface area contributed by atoms with Crippen molar-refractivity contribution in [2.75, 3.05) is 20.1 Å². The minimum Gasteiger partial charge on any atom is -0.480 e. The fraction of sp³-hybridized carbons (Fsp3) is 0.769. The number of likely N-dealkylation sites (N-methyl/N-ethyl adjacent to an activating group) is 1. The first-order valence-corrected chi connectivity index (χ1v) is 6.58. The van der Waals surface area contributed by atoms with E-state index in [-0.39, 0.29) is 12.5 Å². The van der Waals surface area contributed by atoms with Gasteiger partial charge < -0.3 is 14.7 Å². The van der Waals surface area contributed by atoms with Crippen LogP contribution in [0, 0.1) is 0 Å². The van der Waals surface area contributed by atoms with Crippen LogP contribution in [0.25, 0.3) is 0 Å². The molecule has 114 valence electrons. The summed E-state index contributed by atoms with van der Waals surface area (Å²) in [6, 6.07) is -0.630. The molecule has 0 radical (unpaired) electrons. The maximum atomic E-state index is 12.2. The zero-order valence-electron chi connectivity index (χ0n) is 12.4. The van der Waals surface area contributed by atoms with Crippen molar-refractivity contribution in [3.8, 4) is 0 Å². The summed E-state index contributed by atoms with van der Waals surface area (Å²) in [5.41, 5.74) is -0.625. The summed E-state index contributed by atoms with van der Waals surface area (Å²) in [6.45, 7) is 5.35. The second-order valence-corrected chi connectivity index (χ2v) is 5.92. The Morgan fingerprint density at radius 1 is 1.35 bits per heavy atom. The number of ether oxygens (including phenoxy) is 1. The van der Waals surface area contributed by atoms with Crippen LogP contribution in [-0.4, -0.2) is 64.7 Å². The van der Waals surface area contributed by atoms with Crippen LogP contribution in [0.2, 0.25) is 0 Å². The number of rotatable bonds is 3. The molecule has 1 heterocycles. The molecule has 20 heavy (non-hydrogen) atoms. The number of carboxylic acids is 1. The fourth-order valence-electron chi connectivity index (χ4n) is 2.10. The van der Waals surface area contributed by atoms with Crippen LogP contribution in [0.15, 0.2) is 0 Å². The number of carboxylic acid groups (broad SMARTS) is 1. The second kappa shape index (κ2) is 6.11. The van der Waals surface area contributed by atoms with Crippen molar-refractivity contribution in [3.63, 3.8) is 0 Å². The predicted octanol–water partition coefficient (Wildman–Crippen LogP) is 0.929. The quantitative estimate of drug-likeness (QED) is 0.834. The van der Waals surface area contributed by atoms with Gasteiger partial charge >= 0.3 is 12.1 Å². The number of hydrogen-bond donors (Lipinski definition) is 1. The molecule has 1 atom stereocenters. The number of likely N-dealkylation sites (tertiary alicyclic amines) is 1. The Morgan fingerprint density at radius 3 is 2.45 bits per heavy atom. The maximum absolute atomic E-state index is 12.2. The van der Waals surface area contributed by atoms with E-state index in [1.165, 1.54) is 11.9 Å². The second-order valence-electron chi connectivity index (χ2n) is 5.92. The molecule has 1 fully saturated rings. The summed E-state index contributed by atoms with van der Waals surface area (Å²) in [5, 5.41) is 8.70. The minimum atomic E-state index is -1.08. The standard InChI is InChI=1S/C13H22N2O5/c1-13(2,3)20-12(19)15-7-5-6-9(15)11(18)14(4)8-10(16)17/h9H,5-8H2,1-4H3,(H,16,17)/t9-/m0/s1. The van der Waals surface area contributed by atoms with Crippen LogP contribution < -0.4 is 0 Å². The number of nitrogens with zero attached hydrogens (tertiary/aromatic N) is 2. The topological polar surface area (TPSA) is 87.2 Å². The molecule has 1 aliphatic heterocycles. The molecule has 1 aliphatic rings. The Bertz CT molecular complexity index is 402. The highest BCUT2D eigenvalue weighted by atomic mass is 16.6. The molecule has 1 saturated heterocycles. The van der Waals surface area contributed by atoms with Crippen LogP contribution in [0.5, 0.6) is 0 Å². The molecular formula is C13H22N2O5. The van der Waals surface area contributed by atoms with E-state index in [9.17, 15) is 14.4 Å². The molecule has 0 aromatic carbocycles. The number of amides is 2. The third-order valence-electron chi connectivity index (χ3n) is 2.91. The van der Waals surface area contributed by atoms with Crippen LogP contribution in [-0.2, 0) is 14.3 Å². The van der Waals surface area contributed by atoms with Gasteiger partial charge in [0.05, 0.1) is 0 Å². The van der Waals surface area contributed by atoms with E-state index in [4.69, 9.17) is 9.84 Å². The van der Waals surface area contributed by atoms with E-state index in [1.807, 2.05) is 0 Å². The summed E-state index contributed by atoms with van der Waals surface area (Å²) in [6.07, 6.45) is 0.704. The first-order chi connectivity index (χ1) is 9.11. The van der Waals surface area contributed by atoms with Crippen LogP contribution in [0.3, 0.4) is 0 Å². The van der Waals surface area contributed by atoms with Gasteiger partial charge in [0.1, 0.15) is 18.2 Å². The van der Waals surface area contributed by atoms with Crippen molar-refractivity contribution in [2.24, 2.45) is 0 Å². The molecule has 0 bridgehead atoms. The Balaban J connectivity index is 2.71. The predicted molar refractivity (Wildman–Crippen MR) is 71.2 cm³/mol. The van der Waals surface area contributed by atoms with Crippen molar-refractivity contribution >= 4 is 18.0 Å². The summed E-state index contributed by atoms with van der Waals surface area (Å²) >= 11 is 0. The molecule has 0 unspecified atom stereocenters. The molecule has 7 nitrogen and oxygen atoms in total. The van der Waals surface area contributed by atoms with Crippen molar-refractivity contribution in [2.45, 2.75) is 45.3 Å². The van der Waals surface area contributed by atoms with E-state index in [0.29, 0.717) is 19.4 Å². The highest BCUT2D eigenvalue weighted by molar-refractivity contribution is 5.88. The lowest BCUT2D eigenvalue weighted by Crippen LogP contribution is -2.49. The third-order valence-corrected chi connectivity index (χ3v) is 2.91. The Morgan fingerprint density at radius 2 is 1.95 bits per heavy atom. The fourth-order valence-corrected chi connectivity index (χ4v) is 2.10. The van der Waals surface area contributed by atoms with E-state index in [0.717, 1.165) is 4.90 Å². The summed E-state index contributed by atoms with van der Waals surface area (Å²) in [7, 11) is 1.42. The molecule has 1 N–H and O–H groups in total. The Hall–Kier alpha value is -1.79. The van der Waals surface area contributed by atoms with Crippen molar-refractivity contribution in [1.82, 2.24) is 9.80 Å². The van der Waals surface area contributed by atoms with Gasteiger partial charge in [-0.2, -0.15) is 0 Å². The van der Waals surface area contributed by atoms with E-state index in [1.54, 1.807) is 20.8 Å². The van der Waals surface area contributed by atoms with Gasteiger partial charge in [-0.25, -0.2) is 4.79 Å². The maximum Gasteiger partial charge on any atom is 0.410 e. The first-order valence-electron chi connectivity index (χ1n) is 6.58. The lowest BCUT2D eigenvalue weighted by Gasteiger charge is -2.29.